The van der Waals surface area contributed by atoms with Crippen molar-refractivity contribution < 1.29 is 14.7 Å². The molecule has 0 radical (unpaired) electrons. The number of aliphatic hydroxyl groups is 1. The number of para-hydroxylation sites is 1. The van der Waals surface area contributed by atoms with Gasteiger partial charge in [-0.2, -0.15) is 5.10 Å². The van der Waals surface area contributed by atoms with E-state index in [0.717, 1.165) is 0 Å². The van der Waals surface area contributed by atoms with E-state index in [0.29, 0.717) is 22.0 Å². The van der Waals surface area contributed by atoms with E-state index < -0.39 is 17.9 Å². The van der Waals surface area contributed by atoms with Crippen LogP contribution >= 0.6 is 23.2 Å². The molecule has 10 heteroatoms. The van der Waals surface area contributed by atoms with Gasteiger partial charge in [-0.05, 0) is 43.3 Å². The molecule has 4 aromatic rings. The number of pyridine rings is 1. The number of aromatic nitrogens is 3. The predicted octanol–water partition coefficient (Wildman–Crippen LogP) is 4.60. The lowest BCUT2D eigenvalue weighted by Crippen LogP contribution is -2.30. The number of hydrogen-bond donors (Lipinski definition) is 3. The van der Waals surface area contributed by atoms with Gasteiger partial charge in [-0.1, -0.05) is 47.5 Å². The molecule has 0 saturated heterocycles. The second-order valence-electron chi connectivity index (χ2n) is 7.70. The Hall–Kier alpha value is -3.72. The summed E-state index contributed by atoms with van der Waals surface area (Å²) in [6, 6.07) is 18.9. The van der Waals surface area contributed by atoms with Crippen LogP contribution in [0, 0.1) is 0 Å². The molecule has 2 aromatic carbocycles. The van der Waals surface area contributed by atoms with Gasteiger partial charge in [-0.3, -0.25) is 14.6 Å². The lowest BCUT2D eigenvalue weighted by molar-refractivity contribution is 0.0918. The molecule has 2 aromatic heterocycles. The molecule has 1 atom stereocenters. The molecular formula is C25H21Cl2N5O3. The maximum Gasteiger partial charge on any atom is 0.271 e. The Bertz CT molecular complexity index is 1360. The van der Waals surface area contributed by atoms with Crippen LogP contribution in [-0.4, -0.2) is 44.3 Å². The molecule has 2 heterocycles. The topological polar surface area (TPSA) is 109 Å². The molecule has 0 fully saturated rings. The smallest absolute Gasteiger partial charge is 0.271 e. The number of anilines is 1. The first-order chi connectivity index (χ1) is 16.8. The van der Waals surface area contributed by atoms with Gasteiger partial charge in [0.1, 0.15) is 5.82 Å². The first-order valence-corrected chi connectivity index (χ1v) is 11.4. The Kier molecular flexibility index (Phi) is 7.45. The van der Waals surface area contributed by atoms with E-state index in [2.05, 4.69) is 20.7 Å². The fraction of sp³-hybridized carbons (Fsp3) is 0.120. The van der Waals surface area contributed by atoms with Crippen molar-refractivity contribution in [1.29, 1.82) is 0 Å². The van der Waals surface area contributed by atoms with Crippen LogP contribution in [0.5, 0.6) is 0 Å². The highest BCUT2D eigenvalue weighted by atomic mass is 35.5. The van der Waals surface area contributed by atoms with Gasteiger partial charge in [0, 0.05) is 24.4 Å². The minimum atomic E-state index is -0.713. The number of benzene rings is 2. The number of rotatable bonds is 7. The van der Waals surface area contributed by atoms with Crippen molar-refractivity contribution in [2.24, 2.45) is 0 Å². The molecule has 8 nitrogen and oxygen atoms in total. The summed E-state index contributed by atoms with van der Waals surface area (Å²) >= 11 is 12.7. The predicted molar refractivity (Wildman–Crippen MR) is 135 cm³/mol. The monoisotopic (exact) mass is 509 g/mol. The zero-order chi connectivity index (χ0) is 24.9. The van der Waals surface area contributed by atoms with Crippen LogP contribution in [0.15, 0.2) is 72.9 Å². The molecule has 0 aliphatic carbocycles. The number of amides is 2. The van der Waals surface area contributed by atoms with Crippen LogP contribution < -0.4 is 10.6 Å². The maximum atomic E-state index is 13.3. The SMILES string of the molecule is C[C@H](O)CNC(=O)c1cc(NC(=O)c2cc(-c3ccccn3)c(Cl)cc2Cl)n(-c2ccccc2)n1. The number of aliphatic hydroxyl groups excluding tert-OH is 1. The summed E-state index contributed by atoms with van der Waals surface area (Å²) in [7, 11) is 0. The molecule has 4 rings (SSSR count). The number of hydrogen-bond acceptors (Lipinski definition) is 5. The number of halogens is 2. The van der Waals surface area contributed by atoms with Crippen molar-refractivity contribution >= 4 is 40.8 Å². The molecule has 0 aliphatic rings. The van der Waals surface area contributed by atoms with Crippen LogP contribution in [-0.2, 0) is 0 Å². The Morgan fingerprint density at radius 3 is 2.43 bits per heavy atom. The second-order valence-corrected chi connectivity index (χ2v) is 8.52. The van der Waals surface area contributed by atoms with Gasteiger partial charge in [-0.25, -0.2) is 4.68 Å². The van der Waals surface area contributed by atoms with Crippen LogP contribution in [0.1, 0.15) is 27.8 Å². The Morgan fingerprint density at radius 1 is 1.00 bits per heavy atom. The van der Waals surface area contributed by atoms with Gasteiger partial charge in [0.25, 0.3) is 11.8 Å². The van der Waals surface area contributed by atoms with Crippen molar-refractivity contribution in [3.63, 3.8) is 0 Å². The Balaban J connectivity index is 1.69. The summed E-state index contributed by atoms with van der Waals surface area (Å²) in [5.74, 6) is -0.747. The van der Waals surface area contributed by atoms with Gasteiger partial charge in [0.05, 0.1) is 33.1 Å². The van der Waals surface area contributed by atoms with Gasteiger partial charge < -0.3 is 15.7 Å². The highest BCUT2D eigenvalue weighted by molar-refractivity contribution is 6.38. The minimum Gasteiger partial charge on any atom is -0.392 e. The normalized spacial score (nSPS) is 11.7. The van der Waals surface area contributed by atoms with E-state index in [9.17, 15) is 14.7 Å². The third kappa shape index (κ3) is 5.68. The fourth-order valence-corrected chi connectivity index (χ4v) is 3.87. The van der Waals surface area contributed by atoms with Crippen LogP contribution in [0.2, 0.25) is 10.0 Å². The molecule has 3 N–H and O–H groups in total. The standard InChI is InChI=1S/C25H21Cl2N5O3/c1-15(33)14-29-25(35)22-13-23(32(31-22)16-7-3-2-4-8-16)30-24(34)18-11-17(19(26)12-20(18)27)21-9-5-6-10-28-21/h2-13,15,33H,14H2,1H3,(H,29,35)(H,30,34)/t15-/m0/s1. The summed E-state index contributed by atoms with van der Waals surface area (Å²) in [5.41, 5.74) is 2.03. The fourth-order valence-electron chi connectivity index (χ4n) is 3.30. The molecule has 35 heavy (non-hydrogen) atoms. The summed E-state index contributed by atoms with van der Waals surface area (Å²) in [6.07, 6.45) is 0.914. The highest BCUT2D eigenvalue weighted by Crippen LogP contribution is 2.32. The molecule has 0 bridgehead atoms. The van der Waals surface area contributed by atoms with E-state index in [1.807, 2.05) is 24.3 Å². The average molecular weight is 510 g/mol. The van der Waals surface area contributed by atoms with Crippen molar-refractivity contribution in [2.75, 3.05) is 11.9 Å². The van der Waals surface area contributed by atoms with E-state index in [1.165, 1.54) is 16.8 Å². The lowest BCUT2D eigenvalue weighted by Gasteiger charge is -2.12. The second kappa shape index (κ2) is 10.7. The summed E-state index contributed by atoms with van der Waals surface area (Å²) in [5, 5.41) is 19.7. The Morgan fingerprint density at radius 2 is 1.74 bits per heavy atom. The first-order valence-electron chi connectivity index (χ1n) is 10.7. The van der Waals surface area contributed by atoms with Crippen LogP contribution in [0.4, 0.5) is 5.82 Å². The van der Waals surface area contributed by atoms with Gasteiger partial charge in [0.15, 0.2) is 5.69 Å². The highest BCUT2D eigenvalue weighted by Gasteiger charge is 2.21. The molecule has 0 spiro atoms. The number of nitrogens with zero attached hydrogens (tertiary/aromatic N) is 3. The lowest BCUT2D eigenvalue weighted by atomic mass is 10.1. The summed E-state index contributed by atoms with van der Waals surface area (Å²) < 4.78 is 1.44. The van der Waals surface area contributed by atoms with E-state index in [1.54, 1.807) is 43.5 Å². The van der Waals surface area contributed by atoms with Gasteiger partial charge >= 0.3 is 0 Å². The number of carbonyl (C=O) groups excluding carboxylic acids is 2. The number of nitrogens with one attached hydrogen (secondary N) is 2. The van der Waals surface area contributed by atoms with Crippen molar-refractivity contribution in [3.8, 4) is 16.9 Å². The summed E-state index contributed by atoms with van der Waals surface area (Å²) in [4.78, 5) is 30.1. The minimum absolute atomic E-state index is 0.0649. The first kappa shape index (κ1) is 24.4. The van der Waals surface area contributed by atoms with Crippen molar-refractivity contribution in [1.82, 2.24) is 20.1 Å². The van der Waals surface area contributed by atoms with Crippen molar-refractivity contribution in [3.05, 3.63) is 94.2 Å². The summed E-state index contributed by atoms with van der Waals surface area (Å²) in [6.45, 7) is 1.62. The van der Waals surface area contributed by atoms with Gasteiger partial charge in [0.2, 0.25) is 0 Å². The molecule has 0 aliphatic heterocycles. The average Bonchev–Trinajstić information content (AvgIpc) is 3.27. The zero-order valence-electron chi connectivity index (χ0n) is 18.6. The van der Waals surface area contributed by atoms with E-state index >= 15 is 0 Å². The zero-order valence-corrected chi connectivity index (χ0v) is 20.1. The third-order valence-electron chi connectivity index (χ3n) is 4.98. The van der Waals surface area contributed by atoms with Crippen LogP contribution in [0.25, 0.3) is 16.9 Å². The molecule has 0 saturated carbocycles. The molecule has 178 valence electrons. The van der Waals surface area contributed by atoms with Crippen LogP contribution in [0.3, 0.4) is 0 Å². The van der Waals surface area contributed by atoms with Crippen molar-refractivity contribution in [2.45, 2.75) is 13.0 Å². The van der Waals surface area contributed by atoms with E-state index in [4.69, 9.17) is 23.2 Å². The largest absolute Gasteiger partial charge is 0.392 e. The third-order valence-corrected chi connectivity index (χ3v) is 5.61. The van der Waals surface area contributed by atoms with E-state index in [-0.39, 0.29) is 28.6 Å². The quantitative estimate of drug-likeness (QED) is 0.337. The molecule has 0 unspecified atom stereocenters. The Labute approximate surface area is 211 Å². The van der Waals surface area contributed by atoms with Gasteiger partial charge in [-0.15, -0.1) is 0 Å². The maximum absolute atomic E-state index is 13.3. The number of carbonyl (C=O) groups is 2. The molecule has 2 amide bonds. The molecular weight excluding hydrogens is 489 g/mol.